The van der Waals surface area contributed by atoms with Crippen molar-refractivity contribution in [1.82, 2.24) is 0 Å². The van der Waals surface area contributed by atoms with E-state index in [1.54, 1.807) is 5.57 Å². The summed E-state index contributed by atoms with van der Waals surface area (Å²) in [6, 6.07) is 0. The Morgan fingerprint density at radius 1 is 1.28 bits per heavy atom. The molecule has 2 rings (SSSR count). The molecule has 1 fully saturated rings. The lowest BCUT2D eigenvalue weighted by molar-refractivity contribution is -0.135. The molecule has 0 N–H and O–H groups in total. The first-order chi connectivity index (χ1) is 8.59. The highest BCUT2D eigenvalue weighted by Crippen LogP contribution is 2.44. The molecule has 1 aliphatic carbocycles. The maximum atomic E-state index is 6.03. The smallest absolute Gasteiger partial charge is 0.191 e. The summed E-state index contributed by atoms with van der Waals surface area (Å²) in [6.07, 6.45) is 5.99. The van der Waals surface area contributed by atoms with E-state index in [4.69, 9.17) is 9.47 Å². The third kappa shape index (κ3) is 2.65. The molecule has 2 nitrogen and oxygen atoms in total. The first-order valence-corrected chi connectivity index (χ1v) is 7.59. The van der Waals surface area contributed by atoms with Gasteiger partial charge in [0.25, 0.3) is 0 Å². The third-order valence-electron chi connectivity index (χ3n) is 4.27. The van der Waals surface area contributed by atoms with Gasteiger partial charge in [-0.1, -0.05) is 33.3 Å². The van der Waals surface area contributed by atoms with Crippen molar-refractivity contribution in [2.24, 2.45) is 11.8 Å². The maximum Gasteiger partial charge on any atom is 0.191 e. The van der Waals surface area contributed by atoms with E-state index in [9.17, 15) is 0 Å². The molecular formula is C16H28O2. The van der Waals surface area contributed by atoms with E-state index in [0.717, 1.165) is 25.6 Å². The van der Waals surface area contributed by atoms with Gasteiger partial charge in [-0.05, 0) is 43.1 Å². The molecule has 0 aromatic rings. The zero-order valence-corrected chi connectivity index (χ0v) is 12.4. The van der Waals surface area contributed by atoms with Gasteiger partial charge in [-0.2, -0.15) is 0 Å². The Hall–Kier alpha value is -0.340. The fraction of sp³-hybridized carbons (Fsp3) is 0.875. The minimum atomic E-state index is -0.385. The molecule has 0 radical (unpaired) electrons. The normalized spacial score (nSPS) is 28.2. The number of ether oxygens (including phenoxy) is 2. The molecule has 1 heterocycles. The number of rotatable bonds is 4. The molecule has 1 unspecified atom stereocenters. The van der Waals surface area contributed by atoms with Crippen molar-refractivity contribution in [3.63, 3.8) is 0 Å². The molecule has 0 saturated carbocycles. The monoisotopic (exact) mass is 252 g/mol. The van der Waals surface area contributed by atoms with E-state index >= 15 is 0 Å². The Kier molecular flexibility index (Phi) is 4.50. The Balaban J connectivity index is 2.35. The van der Waals surface area contributed by atoms with Crippen LogP contribution >= 0.6 is 0 Å². The number of hydrogen-bond acceptors (Lipinski definition) is 2. The molecule has 2 heteroatoms. The van der Waals surface area contributed by atoms with Crippen LogP contribution in [0.5, 0.6) is 0 Å². The van der Waals surface area contributed by atoms with Gasteiger partial charge in [0.2, 0.25) is 0 Å². The van der Waals surface area contributed by atoms with Crippen LogP contribution in [0.15, 0.2) is 11.1 Å². The fourth-order valence-corrected chi connectivity index (χ4v) is 3.60. The second kappa shape index (κ2) is 5.75. The quantitative estimate of drug-likeness (QED) is 0.694. The predicted octanol–water partition coefficient (Wildman–Crippen LogP) is 4.30. The van der Waals surface area contributed by atoms with E-state index in [1.807, 2.05) is 0 Å². The molecule has 0 bridgehead atoms. The van der Waals surface area contributed by atoms with Crippen LogP contribution in [0.3, 0.4) is 0 Å². The summed E-state index contributed by atoms with van der Waals surface area (Å²) in [4.78, 5) is 0. The zero-order valence-electron chi connectivity index (χ0n) is 12.4. The standard InChI is InChI=1S/C16H28O2/c1-5-16(17-9-10-18-16)15-13(4)7-6-8-14(15)11-12(2)3/h12-13H,5-11H2,1-4H3. The van der Waals surface area contributed by atoms with Gasteiger partial charge in [-0.25, -0.2) is 0 Å². The van der Waals surface area contributed by atoms with Gasteiger partial charge in [0.1, 0.15) is 0 Å². The van der Waals surface area contributed by atoms with E-state index in [2.05, 4.69) is 27.7 Å². The molecule has 18 heavy (non-hydrogen) atoms. The Morgan fingerprint density at radius 3 is 2.50 bits per heavy atom. The summed E-state index contributed by atoms with van der Waals surface area (Å²) in [7, 11) is 0. The van der Waals surface area contributed by atoms with Gasteiger partial charge in [0.15, 0.2) is 5.79 Å². The summed E-state index contributed by atoms with van der Waals surface area (Å²) >= 11 is 0. The second-order valence-electron chi connectivity index (χ2n) is 6.21. The highest BCUT2D eigenvalue weighted by Gasteiger charge is 2.43. The second-order valence-corrected chi connectivity index (χ2v) is 6.21. The summed E-state index contributed by atoms with van der Waals surface area (Å²) in [5.74, 6) is 0.950. The van der Waals surface area contributed by atoms with Gasteiger partial charge in [-0.15, -0.1) is 0 Å². The Morgan fingerprint density at radius 2 is 1.94 bits per heavy atom. The molecule has 1 saturated heterocycles. The Bertz CT molecular complexity index is 311. The van der Waals surface area contributed by atoms with Gasteiger partial charge >= 0.3 is 0 Å². The minimum Gasteiger partial charge on any atom is -0.344 e. The van der Waals surface area contributed by atoms with Gasteiger partial charge in [0, 0.05) is 6.42 Å². The number of allylic oxidation sites excluding steroid dienone is 1. The lowest BCUT2D eigenvalue weighted by Crippen LogP contribution is -2.37. The average molecular weight is 252 g/mol. The summed E-state index contributed by atoms with van der Waals surface area (Å²) in [6.45, 7) is 10.6. The van der Waals surface area contributed by atoms with Crippen LogP contribution in [-0.4, -0.2) is 19.0 Å². The third-order valence-corrected chi connectivity index (χ3v) is 4.27. The van der Waals surface area contributed by atoms with Crippen LogP contribution in [0, 0.1) is 11.8 Å². The highest BCUT2D eigenvalue weighted by atomic mass is 16.7. The van der Waals surface area contributed by atoms with Crippen molar-refractivity contribution in [3.05, 3.63) is 11.1 Å². The zero-order chi connectivity index (χ0) is 13.2. The number of hydrogen-bond donors (Lipinski definition) is 0. The van der Waals surface area contributed by atoms with Crippen molar-refractivity contribution >= 4 is 0 Å². The van der Waals surface area contributed by atoms with Crippen LogP contribution < -0.4 is 0 Å². The maximum absolute atomic E-state index is 6.03. The topological polar surface area (TPSA) is 18.5 Å². The van der Waals surface area contributed by atoms with Crippen molar-refractivity contribution < 1.29 is 9.47 Å². The molecule has 0 amide bonds. The highest BCUT2D eigenvalue weighted by molar-refractivity contribution is 5.27. The molecule has 0 aromatic carbocycles. The van der Waals surface area contributed by atoms with E-state index in [0.29, 0.717) is 5.92 Å². The van der Waals surface area contributed by atoms with Crippen LogP contribution in [0.2, 0.25) is 0 Å². The molecule has 0 spiro atoms. The van der Waals surface area contributed by atoms with E-state index in [-0.39, 0.29) is 5.79 Å². The first kappa shape index (κ1) is 14.1. The fourth-order valence-electron chi connectivity index (χ4n) is 3.60. The SMILES string of the molecule is CCC1(C2=C(CC(C)C)CCCC2C)OCCO1. The Labute approximate surface area is 112 Å². The van der Waals surface area contributed by atoms with Gasteiger partial charge in [0.05, 0.1) is 13.2 Å². The molecule has 104 valence electrons. The van der Waals surface area contributed by atoms with Crippen molar-refractivity contribution in [3.8, 4) is 0 Å². The molecular weight excluding hydrogens is 224 g/mol. The van der Waals surface area contributed by atoms with Gasteiger partial charge < -0.3 is 9.47 Å². The van der Waals surface area contributed by atoms with Crippen LogP contribution in [0.4, 0.5) is 0 Å². The molecule has 1 atom stereocenters. The summed E-state index contributed by atoms with van der Waals surface area (Å²) in [5.41, 5.74) is 3.11. The summed E-state index contributed by atoms with van der Waals surface area (Å²) in [5, 5.41) is 0. The van der Waals surface area contributed by atoms with Crippen molar-refractivity contribution in [2.45, 2.75) is 65.6 Å². The van der Waals surface area contributed by atoms with Crippen molar-refractivity contribution in [1.29, 1.82) is 0 Å². The largest absolute Gasteiger partial charge is 0.344 e. The lowest BCUT2D eigenvalue weighted by Gasteiger charge is -2.38. The summed E-state index contributed by atoms with van der Waals surface area (Å²) < 4.78 is 12.1. The molecule has 1 aliphatic heterocycles. The molecule has 2 aliphatic rings. The van der Waals surface area contributed by atoms with Crippen LogP contribution in [-0.2, 0) is 9.47 Å². The van der Waals surface area contributed by atoms with E-state index < -0.39 is 0 Å². The average Bonchev–Trinajstić information content (AvgIpc) is 2.78. The minimum absolute atomic E-state index is 0.385. The van der Waals surface area contributed by atoms with E-state index in [1.165, 1.54) is 31.3 Å². The van der Waals surface area contributed by atoms with Crippen LogP contribution in [0.1, 0.15) is 59.8 Å². The first-order valence-electron chi connectivity index (χ1n) is 7.59. The predicted molar refractivity (Wildman–Crippen MR) is 74.4 cm³/mol. The van der Waals surface area contributed by atoms with Gasteiger partial charge in [-0.3, -0.25) is 0 Å². The molecule has 0 aromatic heterocycles. The van der Waals surface area contributed by atoms with Crippen molar-refractivity contribution in [2.75, 3.05) is 13.2 Å². The lowest BCUT2D eigenvalue weighted by atomic mass is 9.76. The van der Waals surface area contributed by atoms with Crippen LogP contribution in [0.25, 0.3) is 0 Å².